The number of rotatable bonds is 6. The van der Waals surface area contributed by atoms with Gasteiger partial charge in [-0.15, -0.1) is 0 Å². The van der Waals surface area contributed by atoms with Crippen LogP contribution in [0.1, 0.15) is 29.8 Å². The van der Waals surface area contributed by atoms with Crippen molar-refractivity contribution in [3.63, 3.8) is 0 Å². The topological polar surface area (TPSA) is 66.5 Å². The molecular weight excluding hydrogens is 423 g/mol. The molecule has 0 radical (unpaired) electrons. The maximum absolute atomic E-state index is 13.9. The van der Waals surface area contributed by atoms with Gasteiger partial charge in [-0.05, 0) is 42.8 Å². The van der Waals surface area contributed by atoms with Gasteiger partial charge in [0.25, 0.3) is 5.91 Å². The summed E-state index contributed by atoms with van der Waals surface area (Å²) < 4.78 is 41.3. The minimum absolute atomic E-state index is 0.119. The van der Waals surface area contributed by atoms with E-state index in [1.807, 2.05) is 0 Å². The Morgan fingerprint density at radius 2 is 1.81 bits per heavy atom. The van der Waals surface area contributed by atoms with Gasteiger partial charge < -0.3 is 5.32 Å². The van der Waals surface area contributed by atoms with Crippen LogP contribution in [0.4, 0.5) is 10.1 Å². The first kappa shape index (κ1) is 20.5. The fourth-order valence-electron chi connectivity index (χ4n) is 2.53. The summed E-state index contributed by atoms with van der Waals surface area (Å²) in [6.45, 7) is 5.91. The van der Waals surface area contributed by atoms with Gasteiger partial charge in [-0.25, -0.2) is 12.8 Å². The molecule has 0 unspecified atom stereocenters. The lowest BCUT2D eigenvalue weighted by Gasteiger charge is -2.20. The van der Waals surface area contributed by atoms with E-state index in [9.17, 15) is 17.6 Å². The fourth-order valence-corrected chi connectivity index (χ4v) is 4.60. The Labute approximate surface area is 161 Å². The molecule has 0 aliphatic carbocycles. The van der Waals surface area contributed by atoms with Gasteiger partial charge in [-0.1, -0.05) is 35.8 Å². The van der Waals surface area contributed by atoms with E-state index in [4.69, 9.17) is 0 Å². The number of aryl methyl sites for hydroxylation is 1. The maximum Gasteiger partial charge on any atom is 0.258 e. The average Bonchev–Trinajstić information content (AvgIpc) is 2.59. The lowest BCUT2D eigenvalue weighted by Crippen LogP contribution is -2.31. The molecule has 1 N–H and O–H groups in total. The first-order valence-corrected chi connectivity index (χ1v) is 10.3. The van der Waals surface area contributed by atoms with Gasteiger partial charge in [0.15, 0.2) is 0 Å². The van der Waals surface area contributed by atoms with Crippen LogP contribution in [0.2, 0.25) is 0 Å². The molecule has 2 aromatic carbocycles. The predicted molar refractivity (Wildman–Crippen MR) is 103 cm³/mol. The SMILES string of the molecule is CCN(CC)S(=O)(=O)c1cc(NC(=O)c2cc(Br)ccc2F)ccc1C. The number of amides is 1. The van der Waals surface area contributed by atoms with E-state index in [2.05, 4.69) is 21.2 Å². The number of nitrogens with one attached hydrogen (secondary N) is 1. The Morgan fingerprint density at radius 3 is 2.42 bits per heavy atom. The van der Waals surface area contributed by atoms with Crippen molar-refractivity contribution in [1.82, 2.24) is 4.31 Å². The number of hydrogen-bond donors (Lipinski definition) is 1. The third-order valence-corrected chi connectivity index (χ3v) is 6.63. The molecule has 5 nitrogen and oxygen atoms in total. The summed E-state index contributed by atoms with van der Waals surface area (Å²) in [5, 5.41) is 2.56. The van der Waals surface area contributed by atoms with Crippen LogP contribution in [0.5, 0.6) is 0 Å². The molecule has 8 heteroatoms. The molecule has 2 rings (SSSR count). The van der Waals surface area contributed by atoms with Gasteiger partial charge in [0.1, 0.15) is 5.82 Å². The molecule has 0 spiro atoms. The van der Waals surface area contributed by atoms with Gasteiger partial charge in [-0.2, -0.15) is 4.31 Å². The Bertz CT molecular complexity index is 928. The van der Waals surface area contributed by atoms with Crippen LogP contribution >= 0.6 is 15.9 Å². The molecule has 140 valence electrons. The van der Waals surface area contributed by atoms with Gasteiger partial charge in [-0.3, -0.25) is 4.79 Å². The van der Waals surface area contributed by atoms with Gasteiger partial charge in [0.05, 0.1) is 10.5 Å². The molecule has 26 heavy (non-hydrogen) atoms. The minimum Gasteiger partial charge on any atom is -0.322 e. The monoisotopic (exact) mass is 442 g/mol. The van der Waals surface area contributed by atoms with Crippen molar-refractivity contribution in [2.75, 3.05) is 18.4 Å². The molecular formula is C18H20BrFN2O3S. The van der Waals surface area contributed by atoms with Crippen LogP contribution < -0.4 is 5.32 Å². The summed E-state index contributed by atoms with van der Waals surface area (Å²) in [6, 6.07) is 8.65. The number of sulfonamides is 1. The van der Waals surface area contributed by atoms with E-state index >= 15 is 0 Å². The first-order valence-electron chi connectivity index (χ1n) is 8.07. The van der Waals surface area contributed by atoms with Gasteiger partial charge in [0.2, 0.25) is 10.0 Å². The third kappa shape index (κ3) is 4.31. The highest BCUT2D eigenvalue weighted by atomic mass is 79.9. The number of carbonyl (C=O) groups is 1. The average molecular weight is 443 g/mol. The highest BCUT2D eigenvalue weighted by Crippen LogP contribution is 2.24. The summed E-state index contributed by atoms with van der Waals surface area (Å²) in [4.78, 5) is 12.5. The van der Waals surface area contributed by atoms with E-state index in [-0.39, 0.29) is 16.1 Å². The Balaban J connectivity index is 2.38. The molecule has 0 atom stereocenters. The zero-order valence-electron chi connectivity index (χ0n) is 14.7. The summed E-state index contributed by atoms with van der Waals surface area (Å²) in [5.41, 5.74) is 0.724. The van der Waals surface area contributed by atoms with Crippen molar-refractivity contribution in [1.29, 1.82) is 0 Å². The number of nitrogens with zero attached hydrogens (tertiary/aromatic N) is 1. The van der Waals surface area contributed by atoms with Gasteiger partial charge >= 0.3 is 0 Å². The molecule has 1 amide bonds. The summed E-state index contributed by atoms with van der Waals surface area (Å²) in [5.74, 6) is -1.31. The zero-order valence-corrected chi connectivity index (χ0v) is 17.1. The molecule has 0 aromatic heterocycles. The molecule has 0 heterocycles. The van der Waals surface area contributed by atoms with E-state index in [1.165, 1.54) is 28.6 Å². The van der Waals surface area contributed by atoms with Crippen molar-refractivity contribution >= 4 is 37.5 Å². The molecule has 0 saturated heterocycles. The van der Waals surface area contributed by atoms with E-state index in [1.54, 1.807) is 32.9 Å². The number of anilines is 1. The van der Waals surface area contributed by atoms with Crippen LogP contribution in [0, 0.1) is 12.7 Å². The molecule has 0 saturated carbocycles. The van der Waals surface area contributed by atoms with Crippen molar-refractivity contribution < 1.29 is 17.6 Å². The summed E-state index contributed by atoms with van der Waals surface area (Å²) >= 11 is 3.20. The smallest absolute Gasteiger partial charge is 0.258 e. The molecule has 0 aliphatic heterocycles. The van der Waals surface area contributed by atoms with Crippen LogP contribution in [-0.2, 0) is 10.0 Å². The second kappa shape index (κ2) is 8.28. The quantitative estimate of drug-likeness (QED) is 0.729. The summed E-state index contributed by atoms with van der Waals surface area (Å²) in [7, 11) is -3.67. The lowest BCUT2D eigenvalue weighted by atomic mass is 10.2. The second-order valence-electron chi connectivity index (χ2n) is 5.65. The number of carbonyl (C=O) groups excluding carboxylic acids is 1. The molecule has 0 bridgehead atoms. The van der Waals surface area contributed by atoms with Crippen LogP contribution in [0.25, 0.3) is 0 Å². The fraction of sp³-hybridized carbons (Fsp3) is 0.278. The molecule has 0 fully saturated rings. The lowest BCUT2D eigenvalue weighted by molar-refractivity contribution is 0.102. The second-order valence-corrected chi connectivity index (χ2v) is 8.47. The van der Waals surface area contributed by atoms with E-state index in [0.717, 1.165) is 0 Å². The Morgan fingerprint density at radius 1 is 1.15 bits per heavy atom. The third-order valence-electron chi connectivity index (χ3n) is 3.94. The Kier molecular flexibility index (Phi) is 6.54. The first-order chi connectivity index (χ1) is 12.2. The van der Waals surface area contributed by atoms with Crippen molar-refractivity contribution in [2.45, 2.75) is 25.7 Å². The summed E-state index contributed by atoms with van der Waals surface area (Å²) in [6.07, 6.45) is 0. The van der Waals surface area contributed by atoms with Crippen LogP contribution in [0.3, 0.4) is 0 Å². The van der Waals surface area contributed by atoms with E-state index in [0.29, 0.717) is 23.1 Å². The molecule has 2 aromatic rings. The number of hydrogen-bond acceptors (Lipinski definition) is 3. The maximum atomic E-state index is 13.9. The van der Waals surface area contributed by atoms with Crippen LogP contribution in [0.15, 0.2) is 45.8 Å². The standard InChI is InChI=1S/C18H20BrFN2O3S/c1-4-22(5-2)26(24,25)17-11-14(8-6-12(17)3)21-18(23)15-10-13(19)7-9-16(15)20/h6-11H,4-5H2,1-3H3,(H,21,23). The molecule has 0 aliphatic rings. The highest BCUT2D eigenvalue weighted by molar-refractivity contribution is 9.10. The van der Waals surface area contributed by atoms with Gasteiger partial charge in [0, 0.05) is 23.2 Å². The largest absolute Gasteiger partial charge is 0.322 e. The van der Waals surface area contributed by atoms with Crippen molar-refractivity contribution in [3.8, 4) is 0 Å². The van der Waals surface area contributed by atoms with E-state index < -0.39 is 21.7 Å². The van der Waals surface area contributed by atoms with Crippen molar-refractivity contribution in [2.24, 2.45) is 0 Å². The van der Waals surface area contributed by atoms with Crippen molar-refractivity contribution in [3.05, 3.63) is 57.8 Å². The number of benzene rings is 2. The minimum atomic E-state index is -3.67. The predicted octanol–water partition coefficient (Wildman–Crippen LogP) is 4.18. The normalized spacial score (nSPS) is 11.6. The number of halogens is 2. The van der Waals surface area contributed by atoms with Crippen LogP contribution in [-0.4, -0.2) is 31.7 Å². The highest BCUT2D eigenvalue weighted by Gasteiger charge is 2.24. The zero-order chi connectivity index (χ0) is 19.5. The Hall–Kier alpha value is -1.77.